The zero-order valence-electron chi connectivity index (χ0n) is 20.7. The average molecular weight is 512 g/mol. The molecule has 36 heavy (non-hydrogen) atoms. The minimum atomic E-state index is -1.02. The van der Waals surface area contributed by atoms with Crippen molar-refractivity contribution < 1.29 is 29.0 Å². The highest BCUT2D eigenvalue weighted by Crippen LogP contribution is 2.45. The molecule has 2 aromatic rings. The summed E-state index contributed by atoms with van der Waals surface area (Å²) in [7, 11) is 0. The van der Waals surface area contributed by atoms with Gasteiger partial charge in [-0.25, -0.2) is 4.79 Å². The fraction of sp³-hybridized carbons (Fsp3) is 0.536. The van der Waals surface area contributed by atoms with E-state index in [1.807, 2.05) is 17.5 Å². The number of esters is 1. The Kier molecular flexibility index (Phi) is 7.17. The second kappa shape index (κ2) is 10.3. The first kappa shape index (κ1) is 25.0. The molecule has 1 aliphatic carbocycles. The summed E-state index contributed by atoms with van der Waals surface area (Å²) in [4.78, 5) is 38.3. The summed E-state index contributed by atoms with van der Waals surface area (Å²) < 4.78 is 11.3. The standard InChI is InChI=1S/C28H33NO6S/c1-15(2)34-28(33)22-19(18-10-8-17(9-11-18)16-6-4-3-5-7-16)14-36-26(22)29-25(30)23-20-12-13-21(35-20)24(23)27(31)32/h8-11,14-16,20-21,23-24H,3-7,12-13H2,1-2H3,(H,29,30)(H,31,32)/t20-,21+,23-,24+/m1/s1. The maximum Gasteiger partial charge on any atom is 0.342 e. The Morgan fingerprint density at radius 2 is 1.67 bits per heavy atom. The molecule has 1 aromatic heterocycles. The zero-order valence-corrected chi connectivity index (χ0v) is 21.5. The molecule has 3 aliphatic rings. The molecule has 2 bridgehead atoms. The van der Waals surface area contributed by atoms with E-state index < -0.39 is 41.9 Å². The normalized spacial score (nSPS) is 25.8. The highest BCUT2D eigenvalue weighted by molar-refractivity contribution is 7.15. The number of benzene rings is 1. The number of carboxylic acids is 1. The van der Waals surface area contributed by atoms with Gasteiger partial charge in [0.05, 0.1) is 30.1 Å². The summed E-state index contributed by atoms with van der Waals surface area (Å²) in [5.41, 5.74) is 3.22. The number of fused-ring (bicyclic) bond motifs is 2. The van der Waals surface area contributed by atoms with Crippen molar-refractivity contribution in [1.29, 1.82) is 0 Å². The predicted molar refractivity (Wildman–Crippen MR) is 137 cm³/mol. The third-order valence-electron chi connectivity index (χ3n) is 7.73. The van der Waals surface area contributed by atoms with Crippen LogP contribution < -0.4 is 5.32 Å². The smallest absolute Gasteiger partial charge is 0.342 e. The summed E-state index contributed by atoms with van der Waals surface area (Å²) in [5.74, 6) is -3.02. The predicted octanol–water partition coefficient (Wildman–Crippen LogP) is 5.84. The van der Waals surface area contributed by atoms with E-state index in [0.29, 0.717) is 34.9 Å². The summed E-state index contributed by atoms with van der Waals surface area (Å²) in [6, 6.07) is 8.35. The van der Waals surface area contributed by atoms with E-state index in [1.165, 1.54) is 49.0 Å². The number of rotatable bonds is 7. The molecule has 0 radical (unpaired) electrons. The van der Waals surface area contributed by atoms with Crippen LogP contribution in [0.1, 0.15) is 80.6 Å². The fourth-order valence-electron chi connectivity index (χ4n) is 6.03. The number of thiophene rings is 1. The van der Waals surface area contributed by atoms with Crippen LogP contribution in [0.3, 0.4) is 0 Å². The lowest BCUT2D eigenvalue weighted by atomic mass is 9.78. The lowest BCUT2D eigenvalue weighted by molar-refractivity contribution is -0.147. The minimum absolute atomic E-state index is 0.309. The molecule has 2 aliphatic heterocycles. The van der Waals surface area contributed by atoms with Crippen molar-refractivity contribution in [3.05, 3.63) is 40.8 Å². The molecule has 3 heterocycles. The highest BCUT2D eigenvalue weighted by Gasteiger charge is 2.55. The second-order valence-corrected chi connectivity index (χ2v) is 11.3. The molecular weight excluding hydrogens is 478 g/mol. The van der Waals surface area contributed by atoms with Crippen LogP contribution in [0.15, 0.2) is 29.6 Å². The number of hydrogen-bond donors (Lipinski definition) is 2. The lowest BCUT2D eigenvalue weighted by Crippen LogP contribution is -2.41. The van der Waals surface area contributed by atoms with E-state index in [9.17, 15) is 19.5 Å². The van der Waals surface area contributed by atoms with Gasteiger partial charge < -0.3 is 19.9 Å². The molecule has 5 rings (SSSR count). The van der Waals surface area contributed by atoms with Gasteiger partial charge in [0.15, 0.2) is 0 Å². The molecule has 8 heteroatoms. The van der Waals surface area contributed by atoms with Crippen LogP contribution in [0.4, 0.5) is 5.00 Å². The third-order valence-corrected chi connectivity index (χ3v) is 8.63. The largest absolute Gasteiger partial charge is 0.481 e. The molecule has 3 fully saturated rings. The molecule has 2 saturated heterocycles. The molecule has 0 unspecified atom stereocenters. The number of hydrogen-bond acceptors (Lipinski definition) is 6. The molecule has 4 atom stereocenters. The molecule has 1 saturated carbocycles. The van der Waals surface area contributed by atoms with E-state index in [0.717, 1.165) is 5.56 Å². The van der Waals surface area contributed by atoms with E-state index in [-0.39, 0.29) is 6.10 Å². The van der Waals surface area contributed by atoms with Crippen molar-refractivity contribution in [3.8, 4) is 11.1 Å². The van der Waals surface area contributed by atoms with Crippen LogP contribution in [0.2, 0.25) is 0 Å². The van der Waals surface area contributed by atoms with Gasteiger partial charge in [0.2, 0.25) is 5.91 Å². The van der Waals surface area contributed by atoms with Crippen molar-refractivity contribution >= 4 is 34.2 Å². The van der Waals surface area contributed by atoms with Gasteiger partial charge in [0, 0.05) is 10.9 Å². The highest BCUT2D eigenvalue weighted by atomic mass is 32.1. The second-order valence-electron chi connectivity index (χ2n) is 10.4. The third kappa shape index (κ3) is 4.81. The number of amides is 1. The van der Waals surface area contributed by atoms with Crippen molar-refractivity contribution in [2.24, 2.45) is 11.8 Å². The van der Waals surface area contributed by atoms with Gasteiger partial charge >= 0.3 is 11.9 Å². The number of nitrogens with one attached hydrogen (secondary N) is 1. The average Bonchev–Trinajstić information content (AvgIpc) is 3.59. The van der Waals surface area contributed by atoms with Gasteiger partial charge in [-0.1, -0.05) is 43.5 Å². The maximum absolute atomic E-state index is 13.3. The molecule has 1 aromatic carbocycles. The Labute approximate surface area is 215 Å². The van der Waals surface area contributed by atoms with Gasteiger partial charge in [-0.3, -0.25) is 9.59 Å². The molecule has 2 N–H and O–H groups in total. The van der Waals surface area contributed by atoms with E-state index in [2.05, 4.69) is 17.4 Å². The van der Waals surface area contributed by atoms with Gasteiger partial charge in [-0.2, -0.15) is 0 Å². The van der Waals surface area contributed by atoms with Crippen LogP contribution in [0.5, 0.6) is 0 Å². The van der Waals surface area contributed by atoms with Gasteiger partial charge in [0.1, 0.15) is 10.6 Å². The van der Waals surface area contributed by atoms with Crippen LogP contribution in [-0.2, 0) is 19.1 Å². The van der Waals surface area contributed by atoms with Crippen molar-refractivity contribution in [3.63, 3.8) is 0 Å². The van der Waals surface area contributed by atoms with Crippen LogP contribution in [0.25, 0.3) is 11.1 Å². The minimum Gasteiger partial charge on any atom is -0.481 e. The van der Waals surface area contributed by atoms with Crippen LogP contribution >= 0.6 is 11.3 Å². The monoisotopic (exact) mass is 511 g/mol. The number of ether oxygens (including phenoxy) is 2. The van der Waals surface area contributed by atoms with Gasteiger partial charge in [-0.15, -0.1) is 11.3 Å². The summed E-state index contributed by atoms with van der Waals surface area (Å²) in [6.45, 7) is 3.57. The van der Waals surface area contributed by atoms with Crippen molar-refractivity contribution in [2.75, 3.05) is 5.32 Å². The molecule has 7 nitrogen and oxygen atoms in total. The van der Waals surface area contributed by atoms with Crippen LogP contribution in [0, 0.1) is 11.8 Å². The Hall–Kier alpha value is -2.71. The summed E-state index contributed by atoms with van der Waals surface area (Å²) in [6.07, 6.45) is 6.41. The SMILES string of the molecule is CC(C)OC(=O)c1c(-c2ccc(C3CCCCC3)cc2)csc1NC(=O)[C@H]1[C@@H](C(=O)O)[C@@H]2CC[C@H]1O2. The molecular formula is C28H33NO6S. The van der Waals surface area contributed by atoms with E-state index >= 15 is 0 Å². The van der Waals surface area contributed by atoms with E-state index in [1.54, 1.807) is 13.8 Å². The first-order valence-electron chi connectivity index (χ1n) is 13.0. The molecule has 1 amide bonds. The number of carbonyl (C=O) groups excluding carboxylic acids is 2. The first-order valence-corrected chi connectivity index (χ1v) is 13.8. The number of anilines is 1. The van der Waals surface area contributed by atoms with Crippen LogP contribution in [-0.4, -0.2) is 41.3 Å². The first-order chi connectivity index (χ1) is 17.3. The Balaban J connectivity index is 1.42. The summed E-state index contributed by atoms with van der Waals surface area (Å²) in [5, 5.41) is 14.8. The van der Waals surface area contributed by atoms with Crippen molar-refractivity contribution in [2.45, 2.75) is 83.0 Å². The Morgan fingerprint density at radius 1 is 1.00 bits per heavy atom. The van der Waals surface area contributed by atoms with E-state index in [4.69, 9.17) is 9.47 Å². The molecule has 192 valence electrons. The summed E-state index contributed by atoms with van der Waals surface area (Å²) >= 11 is 1.25. The number of carboxylic acid groups (broad SMARTS) is 1. The van der Waals surface area contributed by atoms with Gasteiger partial charge in [0.25, 0.3) is 0 Å². The zero-order chi connectivity index (χ0) is 25.4. The quantitative estimate of drug-likeness (QED) is 0.453. The number of carbonyl (C=O) groups is 3. The topological polar surface area (TPSA) is 102 Å². The van der Waals surface area contributed by atoms with Gasteiger partial charge in [-0.05, 0) is 56.6 Å². The number of aliphatic carboxylic acids is 1. The Morgan fingerprint density at radius 3 is 2.31 bits per heavy atom. The molecule has 0 spiro atoms. The maximum atomic E-state index is 13.3. The fourth-order valence-corrected chi connectivity index (χ4v) is 6.99. The lowest BCUT2D eigenvalue weighted by Gasteiger charge is -2.24. The Bertz CT molecular complexity index is 1130. The van der Waals surface area contributed by atoms with Crippen molar-refractivity contribution in [1.82, 2.24) is 0 Å².